The lowest BCUT2D eigenvalue weighted by molar-refractivity contribution is -0.138. The van der Waals surface area contributed by atoms with Gasteiger partial charge in [0.05, 0.1) is 20.2 Å². The SMILES string of the molecule is COc1ccc(CN2CNC3(CCNC(=O)C3)C2=O)cc1. The summed E-state index contributed by atoms with van der Waals surface area (Å²) in [4.78, 5) is 25.9. The van der Waals surface area contributed by atoms with E-state index >= 15 is 0 Å². The normalized spacial score (nSPS) is 25.3. The van der Waals surface area contributed by atoms with Crippen molar-refractivity contribution in [3.05, 3.63) is 29.8 Å². The Morgan fingerprint density at radius 1 is 1.29 bits per heavy atom. The maximum atomic E-state index is 12.6. The molecule has 0 bridgehead atoms. The highest BCUT2D eigenvalue weighted by Crippen LogP contribution is 2.27. The van der Waals surface area contributed by atoms with Crippen LogP contribution in [0.2, 0.25) is 0 Å². The summed E-state index contributed by atoms with van der Waals surface area (Å²) < 4.78 is 5.12. The minimum absolute atomic E-state index is 0.0215. The standard InChI is InChI=1S/C15H19N3O3/c1-21-12-4-2-11(3-5-12)9-18-10-17-15(14(18)20)6-7-16-13(19)8-15/h2-5,17H,6-10H2,1H3,(H,16,19). The van der Waals surface area contributed by atoms with Crippen molar-refractivity contribution in [2.24, 2.45) is 0 Å². The molecule has 2 heterocycles. The summed E-state index contributed by atoms with van der Waals surface area (Å²) in [6, 6.07) is 7.66. The van der Waals surface area contributed by atoms with Crippen molar-refractivity contribution in [3.8, 4) is 5.75 Å². The molecule has 21 heavy (non-hydrogen) atoms. The third-order valence-electron chi connectivity index (χ3n) is 4.17. The van der Waals surface area contributed by atoms with Gasteiger partial charge < -0.3 is 15.0 Å². The number of nitrogens with zero attached hydrogens (tertiary/aromatic N) is 1. The van der Waals surface area contributed by atoms with E-state index in [1.807, 2.05) is 24.3 Å². The number of carbonyl (C=O) groups is 2. The van der Waals surface area contributed by atoms with E-state index in [1.54, 1.807) is 12.0 Å². The maximum Gasteiger partial charge on any atom is 0.244 e. The van der Waals surface area contributed by atoms with Gasteiger partial charge in [-0.1, -0.05) is 12.1 Å². The van der Waals surface area contributed by atoms with Crippen LogP contribution in [-0.4, -0.2) is 42.6 Å². The molecule has 6 nitrogen and oxygen atoms in total. The molecular weight excluding hydrogens is 270 g/mol. The highest BCUT2D eigenvalue weighted by molar-refractivity contribution is 5.94. The molecule has 2 aliphatic heterocycles. The highest BCUT2D eigenvalue weighted by Gasteiger charge is 2.48. The van der Waals surface area contributed by atoms with Crippen LogP contribution in [0.15, 0.2) is 24.3 Å². The van der Waals surface area contributed by atoms with Gasteiger partial charge in [-0.25, -0.2) is 0 Å². The van der Waals surface area contributed by atoms with E-state index in [1.165, 1.54) is 0 Å². The van der Waals surface area contributed by atoms with Crippen LogP contribution < -0.4 is 15.4 Å². The average Bonchev–Trinajstić information content (AvgIpc) is 2.77. The number of carbonyl (C=O) groups excluding carboxylic acids is 2. The molecule has 1 unspecified atom stereocenters. The molecule has 2 amide bonds. The third kappa shape index (κ3) is 2.58. The second-order valence-electron chi connectivity index (χ2n) is 5.54. The first-order valence-electron chi connectivity index (χ1n) is 7.07. The lowest BCUT2D eigenvalue weighted by Gasteiger charge is -2.31. The summed E-state index contributed by atoms with van der Waals surface area (Å²) in [6.45, 7) is 1.57. The summed E-state index contributed by atoms with van der Waals surface area (Å²) >= 11 is 0. The minimum Gasteiger partial charge on any atom is -0.497 e. The van der Waals surface area contributed by atoms with E-state index in [9.17, 15) is 9.59 Å². The third-order valence-corrected chi connectivity index (χ3v) is 4.17. The van der Waals surface area contributed by atoms with Gasteiger partial charge >= 0.3 is 0 Å². The first-order valence-corrected chi connectivity index (χ1v) is 7.07. The Bertz CT molecular complexity index is 558. The molecule has 0 aliphatic carbocycles. The molecule has 2 fully saturated rings. The lowest BCUT2D eigenvalue weighted by Crippen LogP contribution is -2.55. The number of benzene rings is 1. The molecule has 0 aromatic heterocycles. The van der Waals surface area contributed by atoms with Crippen LogP contribution in [0, 0.1) is 0 Å². The Kier molecular flexibility index (Phi) is 3.55. The topological polar surface area (TPSA) is 70.7 Å². The summed E-state index contributed by atoms with van der Waals surface area (Å²) in [5, 5.41) is 6.00. The van der Waals surface area contributed by atoms with Crippen molar-refractivity contribution in [2.45, 2.75) is 24.9 Å². The Hall–Kier alpha value is -2.08. The molecule has 6 heteroatoms. The van der Waals surface area contributed by atoms with Crippen LogP contribution in [-0.2, 0) is 16.1 Å². The van der Waals surface area contributed by atoms with Gasteiger partial charge in [-0.3, -0.25) is 14.9 Å². The summed E-state index contributed by atoms with van der Waals surface area (Å²) in [5.41, 5.74) is 0.345. The molecule has 2 N–H and O–H groups in total. The summed E-state index contributed by atoms with van der Waals surface area (Å²) in [6.07, 6.45) is 0.877. The number of methoxy groups -OCH3 is 1. The minimum atomic E-state index is -0.700. The van der Waals surface area contributed by atoms with E-state index < -0.39 is 5.54 Å². The first kappa shape index (κ1) is 13.9. The molecule has 2 saturated heterocycles. The van der Waals surface area contributed by atoms with Gasteiger partial charge in [0, 0.05) is 13.1 Å². The zero-order chi connectivity index (χ0) is 14.9. The van der Waals surface area contributed by atoms with Crippen LogP contribution in [0.25, 0.3) is 0 Å². The predicted molar refractivity (Wildman–Crippen MR) is 76.5 cm³/mol. The second-order valence-corrected chi connectivity index (χ2v) is 5.54. The zero-order valence-electron chi connectivity index (χ0n) is 12.0. The van der Waals surface area contributed by atoms with Crippen molar-refractivity contribution in [1.29, 1.82) is 0 Å². The molecule has 0 radical (unpaired) electrons. The fourth-order valence-corrected chi connectivity index (χ4v) is 2.95. The fourth-order valence-electron chi connectivity index (χ4n) is 2.95. The lowest BCUT2D eigenvalue weighted by atomic mass is 9.88. The zero-order valence-corrected chi connectivity index (χ0v) is 12.0. The van der Waals surface area contributed by atoms with E-state index in [-0.39, 0.29) is 18.2 Å². The van der Waals surface area contributed by atoms with E-state index in [2.05, 4.69) is 10.6 Å². The summed E-state index contributed by atoms with van der Waals surface area (Å²) in [5.74, 6) is 0.756. The van der Waals surface area contributed by atoms with Crippen molar-refractivity contribution in [1.82, 2.24) is 15.5 Å². The van der Waals surface area contributed by atoms with E-state index in [0.717, 1.165) is 11.3 Å². The number of hydrogen-bond acceptors (Lipinski definition) is 4. The number of ether oxygens (including phenoxy) is 1. The Morgan fingerprint density at radius 2 is 2.05 bits per heavy atom. The Labute approximate surface area is 123 Å². The maximum absolute atomic E-state index is 12.6. The van der Waals surface area contributed by atoms with Crippen molar-refractivity contribution in [2.75, 3.05) is 20.3 Å². The fraction of sp³-hybridized carbons (Fsp3) is 0.467. The molecule has 3 rings (SSSR count). The largest absolute Gasteiger partial charge is 0.497 e. The number of piperidine rings is 1. The Morgan fingerprint density at radius 3 is 2.71 bits per heavy atom. The monoisotopic (exact) mass is 289 g/mol. The molecule has 1 atom stereocenters. The molecular formula is C15H19N3O3. The number of nitrogens with one attached hydrogen (secondary N) is 2. The van der Waals surface area contributed by atoms with Crippen molar-refractivity contribution < 1.29 is 14.3 Å². The van der Waals surface area contributed by atoms with Gasteiger partial charge in [0.1, 0.15) is 11.3 Å². The van der Waals surface area contributed by atoms with Gasteiger partial charge in [0.15, 0.2) is 0 Å². The quantitative estimate of drug-likeness (QED) is 0.836. The van der Waals surface area contributed by atoms with Crippen LogP contribution in [0.1, 0.15) is 18.4 Å². The summed E-state index contributed by atoms with van der Waals surface area (Å²) in [7, 11) is 1.63. The second kappa shape index (κ2) is 5.37. The van der Waals surface area contributed by atoms with Crippen LogP contribution in [0.4, 0.5) is 0 Å². The molecule has 1 spiro atoms. The van der Waals surface area contributed by atoms with Crippen molar-refractivity contribution in [3.63, 3.8) is 0 Å². The van der Waals surface area contributed by atoms with Gasteiger partial charge in [0.25, 0.3) is 0 Å². The van der Waals surface area contributed by atoms with Gasteiger partial charge in [-0.15, -0.1) is 0 Å². The van der Waals surface area contributed by atoms with Crippen LogP contribution in [0.3, 0.4) is 0 Å². The predicted octanol–water partition coefficient (Wildman–Crippen LogP) is 0.233. The highest BCUT2D eigenvalue weighted by atomic mass is 16.5. The molecule has 112 valence electrons. The van der Waals surface area contributed by atoms with Gasteiger partial charge in [-0.05, 0) is 24.1 Å². The van der Waals surface area contributed by atoms with E-state index in [4.69, 9.17) is 4.74 Å². The number of amides is 2. The number of rotatable bonds is 3. The van der Waals surface area contributed by atoms with Crippen molar-refractivity contribution >= 4 is 11.8 Å². The van der Waals surface area contributed by atoms with Crippen LogP contribution >= 0.6 is 0 Å². The molecule has 2 aliphatic rings. The molecule has 0 saturated carbocycles. The smallest absolute Gasteiger partial charge is 0.244 e. The van der Waals surface area contributed by atoms with Crippen LogP contribution in [0.5, 0.6) is 5.75 Å². The van der Waals surface area contributed by atoms with Gasteiger partial charge in [-0.2, -0.15) is 0 Å². The average molecular weight is 289 g/mol. The molecule has 1 aromatic carbocycles. The Balaban J connectivity index is 1.70. The number of hydrogen-bond donors (Lipinski definition) is 2. The van der Waals surface area contributed by atoms with E-state index in [0.29, 0.717) is 26.2 Å². The van der Waals surface area contributed by atoms with Gasteiger partial charge in [0.2, 0.25) is 11.8 Å². The first-order chi connectivity index (χ1) is 10.1. The molecule has 1 aromatic rings.